The summed E-state index contributed by atoms with van der Waals surface area (Å²) in [6, 6.07) is 0. The van der Waals surface area contributed by atoms with Gasteiger partial charge in [0.15, 0.2) is 0 Å². The van der Waals surface area contributed by atoms with Crippen molar-refractivity contribution in [1.82, 2.24) is 15.1 Å². The molecule has 0 amide bonds. The quantitative estimate of drug-likeness (QED) is 0.897. The van der Waals surface area contributed by atoms with Gasteiger partial charge in [0.05, 0.1) is 5.69 Å². The molecule has 3 nitrogen and oxygen atoms in total. The third kappa shape index (κ3) is 3.15. The molecule has 17 heavy (non-hydrogen) atoms. The van der Waals surface area contributed by atoms with E-state index in [2.05, 4.69) is 17.3 Å². The Kier molecular flexibility index (Phi) is 4.87. The van der Waals surface area contributed by atoms with Crippen molar-refractivity contribution in [3.63, 3.8) is 0 Å². The lowest BCUT2D eigenvalue weighted by Gasteiger charge is -2.13. The first-order valence-corrected chi connectivity index (χ1v) is 6.34. The maximum atomic E-state index is 6.17. The van der Waals surface area contributed by atoms with E-state index in [1.165, 1.54) is 19.3 Å². The summed E-state index contributed by atoms with van der Waals surface area (Å²) in [7, 11) is 1.88. The zero-order valence-electron chi connectivity index (χ0n) is 10.7. The number of hydrogen-bond acceptors (Lipinski definition) is 2. The Labute approximate surface area is 114 Å². The van der Waals surface area contributed by atoms with Crippen molar-refractivity contribution in [2.24, 2.45) is 12.5 Å². The molecule has 1 N–H and O–H groups in total. The average Bonchev–Trinajstić information content (AvgIpc) is 2.99. The van der Waals surface area contributed by atoms with Gasteiger partial charge in [-0.15, -0.1) is 12.4 Å². The summed E-state index contributed by atoms with van der Waals surface area (Å²) in [5, 5.41) is 8.57. The smallest absolute Gasteiger partial charge is 0.131 e. The monoisotopic (exact) mass is 277 g/mol. The second-order valence-electron chi connectivity index (χ2n) is 4.94. The first kappa shape index (κ1) is 14.8. The van der Waals surface area contributed by atoms with Gasteiger partial charge in [0.25, 0.3) is 0 Å². The molecule has 1 heterocycles. The van der Waals surface area contributed by atoms with E-state index in [-0.39, 0.29) is 12.4 Å². The number of halogens is 2. The van der Waals surface area contributed by atoms with Crippen LogP contribution in [0, 0.1) is 12.3 Å². The molecule has 1 aliphatic rings. The molecule has 1 aromatic rings. The van der Waals surface area contributed by atoms with Crippen LogP contribution in [0.5, 0.6) is 0 Å². The third-order valence-electron chi connectivity index (χ3n) is 3.78. The highest BCUT2D eigenvalue weighted by molar-refractivity contribution is 6.30. The molecule has 0 atom stereocenters. The fourth-order valence-corrected chi connectivity index (χ4v) is 2.40. The van der Waals surface area contributed by atoms with Gasteiger partial charge < -0.3 is 5.32 Å². The molecule has 5 heteroatoms. The Morgan fingerprint density at radius 2 is 2.12 bits per heavy atom. The van der Waals surface area contributed by atoms with Gasteiger partial charge in [0.2, 0.25) is 0 Å². The van der Waals surface area contributed by atoms with Gasteiger partial charge >= 0.3 is 0 Å². The molecule has 0 bridgehead atoms. The van der Waals surface area contributed by atoms with Crippen molar-refractivity contribution < 1.29 is 0 Å². The van der Waals surface area contributed by atoms with E-state index in [1.54, 1.807) is 4.68 Å². The predicted octanol–water partition coefficient (Wildman–Crippen LogP) is 3.08. The molecule has 1 saturated carbocycles. The van der Waals surface area contributed by atoms with E-state index in [1.807, 2.05) is 14.0 Å². The van der Waals surface area contributed by atoms with Gasteiger partial charge in [-0.05, 0) is 31.6 Å². The van der Waals surface area contributed by atoms with Crippen molar-refractivity contribution in [1.29, 1.82) is 0 Å². The molecule has 0 unspecified atom stereocenters. The van der Waals surface area contributed by atoms with Crippen LogP contribution in [0.2, 0.25) is 5.15 Å². The standard InChI is InChI=1S/C12H20ClN3.ClH/c1-4-12(5-6-12)8-14-7-10-9(2)15-16(3)11(10)13;/h14H,4-8H2,1-3H3;1H. The van der Waals surface area contributed by atoms with Crippen LogP contribution >= 0.6 is 24.0 Å². The summed E-state index contributed by atoms with van der Waals surface area (Å²) in [6.07, 6.45) is 4.02. The maximum Gasteiger partial charge on any atom is 0.131 e. The van der Waals surface area contributed by atoms with Crippen LogP contribution in [0.1, 0.15) is 37.4 Å². The molecule has 0 aliphatic heterocycles. The Morgan fingerprint density at radius 3 is 2.53 bits per heavy atom. The number of nitrogens with zero attached hydrogens (tertiary/aromatic N) is 2. The highest BCUT2D eigenvalue weighted by Crippen LogP contribution is 2.47. The predicted molar refractivity (Wildman–Crippen MR) is 73.9 cm³/mol. The molecule has 1 fully saturated rings. The lowest BCUT2D eigenvalue weighted by Crippen LogP contribution is -2.23. The van der Waals surface area contributed by atoms with Crippen molar-refractivity contribution in [3.8, 4) is 0 Å². The second kappa shape index (κ2) is 5.59. The van der Waals surface area contributed by atoms with Gasteiger partial charge in [-0.1, -0.05) is 18.5 Å². The van der Waals surface area contributed by atoms with Crippen molar-refractivity contribution in [2.45, 2.75) is 39.7 Å². The van der Waals surface area contributed by atoms with E-state index < -0.39 is 0 Å². The molecule has 0 aromatic carbocycles. The fourth-order valence-electron chi connectivity index (χ4n) is 2.16. The van der Waals surface area contributed by atoms with E-state index in [0.29, 0.717) is 5.41 Å². The lowest BCUT2D eigenvalue weighted by molar-refractivity contribution is 0.443. The van der Waals surface area contributed by atoms with E-state index >= 15 is 0 Å². The van der Waals surface area contributed by atoms with Gasteiger partial charge in [-0.2, -0.15) is 5.10 Å². The molecular weight excluding hydrogens is 257 g/mol. The molecule has 1 aromatic heterocycles. The minimum atomic E-state index is 0. The minimum Gasteiger partial charge on any atom is -0.312 e. The van der Waals surface area contributed by atoms with Crippen molar-refractivity contribution in [2.75, 3.05) is 6.54 Å². The summed E-state index contributed by atoms with van der Waals surface area (Å²) in [4.78, 5) is 0. The molecule has 2 rings (SSSR count). The lowest BCUT2D eigenvalue weighted by atomic mass is 10.0. The maximum absolute atomic E-state index is 6.17. The largest absolute Gasteiger partial charge is 0.312 e. The van der Waals surface area contributed by atoms with Crippen LogP contribution in [-0.4, -0.2) is 16.3 Å². The van der Waals surface area contributed by atoms with Gasteiger partial charge in [0.1, 0.15) is 5.15 Å². The number of aryl methyl sites for hydroxylation is 2. The summed E-state index contributed by atoms with van der Waals surface area (Å²) in [5.74, 6) is 0. The molecule has 98 valence electrons. The summed E-state index contributed by atoms with van der Waals surface area (Å²) < 4.78 is 1.74. The Morgan fingerprint density at radius 1 is 1.47 bits per heavy atom. The van der Waals surface area contributed by atoms with E-state index in [4.69, 9.17) is 11.6 Å². The van der Waals surface area contributed by atoms with Gasteiger partial charge in [0, 0.05) is 25.7 Å². The van der Waals surface area contributed by atoms with E-state index in [0.717, 1.165) is 29.5 Å². The van der Waals surface area contributed by atoms with Gasteiger partial charge in [-0.3, -0.25) is 4.68 Å². The summed E-state index contributed by atoms with van der Waals surface area (Å²) >= 11 is 6.17. The zero-order valence-corrected chi connectivity index (χ0v) is 12.3. The molecule has 0 saturated heterocycles. The first-order chi connectivity index (χ1) is 7.58. The normalized spacial score (nSPS) is 16.7. The molecule has 0 radical (unpaired) electrons. The van der Waals surface area contributed by atoms with Crippen LogP contribution in [0.3, 0.4) is 0 Å². The van der Waals surface area contributed by atoms with Crippen LogP contribution in [0.15, 0.2) is 0 Å². The molecule has 0 spiro atoms. The molecular formula is C12H21Cl2N3. The highest BCUT2D eigenvalue weighted by atomic mass is 35.5. The van der Waals surface area contributed by atoms with Crippen LogP contribution in [0.25, 0.3) is 0 Å². The highest BCUT2D eigenvalue weighted by Gasteiger charge is 2.39. The van der Waals surface area contributed by atoms with Gasteiger partial charge in [-0.25, -0.2) is 0 Å². The molecule has 1 aliphatic carbocycles. The Hall–Kier alpha value is -0.250. The first-order valence-electron chi connectivity index (χ1n) is 5.97. The number of nitrogens with one attached hydrogen (secondary N) is 1. The zero-order chi connectivity index (χ0) is 11.8. The number of hydrogen-bond donors (Lipinski definition) is 1. The van der Waals surface area contributed by atoms with E-state index in [9.17, 15) is 0 Å². The minimum absolute atomic E-state index is 0. The summed E-state index contributed by atoms with van der Waals surface area (Å²) in [6.45, 7) is 6.22. The fraction of sp³-hybridized carbons (Fsp3) is 0.750. The second-order valence-corrected chi connectivity index (χ2v) is 5.29. The van der Waals surface area contributed by atoms with Crippen molar-refractivity contribution >= 4 is 24.0 Å². The Balaban J connectivity index is 0.00000144. The van der Waals surface area contributed by atoms with Crippen LogP contribution < -0.4 is 5.32 Å². The Bertz CT molecular complexity index is 383. The SMILES string of the molecule is CCC1(CNCc2c(C)nn(C)c2Cl)CC1.Cl. The topological polar surface area (TPSA) is 29.9 Å². The summed E-state index contributed by atoms with van der Waals surface area (Å²) in [5.41, 5.74) is 2.75. The van der Waals surface area contributed by atoms with Crippen LogP contribution in [-0.2, 0) is 13.6 Å². The number of aromatic nitrogens is 2. The average molecular weight is 278 g/mol. The third-order valence-corrected chi connectivity index (χ3v) is 4.25. The van der Waals surface area contributed by atoms with Crippen LogP contribution in [0.4, 0.5) is 0 Å². The van der Waals surface area contributed by atoms with Crippen molar-refractivity contribution in [3.05, 3.63) is 16.4 Å². The number of rotatable bonds is 5.